The van der Waals surface area contributed by atoms with E-state index in [9.17, 15) is 0 Å². The first-order chi connectivity index (χ1) is 8.74. The molecule has 1 nitrogen and oxygen atoms in total. The van der Waals surface area contributed by atoms with Crippen LogP contribution < -0.4 is 5.32 Å². The Balaban J connectivity index is 2.25. The third-order valence-corrected chi connectivity index (χ3v) is 3.61. The Morgan fingerprint density at radius 3 is 2.94 bits per heavy atom. The molecule has 0 saturated heterocycles. The lowest BCUT2D eigenvalue weighted by Gasteiger charge is -2.25. The van der Waals surface area contributed by atoms with Crippen LogP contribution in [0.4, 0.5) is 0 Å². The van der Waals surface area contributed by atoms with Gasteiger partial charge < -0.3 is 5.32 Å². The van der Waals surface area contributed by atoms with Gasteiger partial charge in [-0.25, -0.2) is 0 Å². The second-order valence-corrected chi connectivity index (χ2v) is 5.05. The van der Waals surface area contributed by atoms with E-state index in [0.717, 1.165) is 12.2 Å². The van der Waals surface area contributed by atoms with E-state index < -0.39 is 0 Å². The van der Waals surface area contributed by atoms with Gasteiger partial charge in [0.1, 0.15) is 0 Å². The number of fused-ring (bicyclic) bond motifs is 1. The van der Waals surface area contributed by atoms with E-state index in [1.165, 1.54) is 47.9 Å². The summed E-state index contributed by atoms with van der Waals surface area (Å²) >= 11 is 0. The molecule has 0 aromatic heterocycles. The van der Waals surface area contributed by atoms with Gasteiger partial charge in [0.2, 0.25) is 0 Å². The Labute approximate surface area is 111 Å². The molecule has 1 heterocycles. The van der Waals surface area contributed by atoms with Crippen molar-refractivity contribution in [3.63, 3.8) is 0 Å². The van der Waals surface area contributed by atoms with Crippen LogP contribution in [0.15, 0.2) is 30.9 Å². The highest BCUT2D eigenvalue weighted by atomic mass is 14.9. The fraction of sp³-hybridized carbons (Fsp3) is 0.412. The highest BCUT2D eigenvalue weighted by molar-refractivity contribution is 5.84. The van der Waals surface area contributed by atoms with E-state index in [0.29, 0.717) is 0 Å². The molecule has 0 bridgehead atoms. The van der Waals surface area contributed by atoms with Gasteiger partial charge in [-0.3, -0.25) is 0 Å². The SMILES string of the molecule is C=C1NC/C(=C/CCCCC)c2c(C)cccc21. The summed E-state index contributed by atoms with van der Waals surface area (Å²) < 4.78 is 0. The topological polar surface area (TPSA) is 12.0 Å². The summed E-state index contributed by atoms with van der Waals surface area (Å²) in [6, 6.07) is 6.47. The Bertz CT molecular complexity index is 468. The third kappa shape index (κ3) is 2.66. The third-order valence-electron chi connectivity index (χ3n) is 3.61. The summed E-state index contributed by atoms with van der Waals surface area (Å²) in [7, 11) is 0. The van der Waals surface area contributed by atoms with Crippen molar-refractivity contribution in [1.82, 2.24) is 5.32 Å². The molecule has 0 amide bonds. The monoisotopic (exact) mass is 241 g/mol. The zero-order valence-electron chi connectivity index (χ0n) is 11.6. The summed E-state index contributed by atoms with van der Waals surface area (Å²) in [6.07, 6.45) is 7.49. The van der Waals surface area contributed by atoms with E-state index in [1.54, 1.807) is 0 Å². The van der Waals surface area contributed by atoms with E-state index in [1.807, 2.05) is 0 Å². The summed E-state index contributed by atoms with van der Waals surface area (Å²) in [5.74, 6) is 0. The molecule has 0 spiro atoms. The van der Waals surface area contributed by atoms with E-state index in [4.69, 9.17) is 0 Å². The van der Waals surface area contributed by atoms with Gasteiger partial charge in [0.25, 0.3) is 0 Å². The number of allylic oxidation sites excluding steroid dienone is 1. The zero-order valence-corrected chi connectivity index (χ0v) is 11.6. The quantitative estimate of drug-likeness (QED) is 0.763. The highest BCUT2D eigenvalue weighted by Crippen LogP contribution is 2.31. The van der Waals surface area contributed by atoms with E-state index in [2.05, 4.69) is 50.0 Å². The van der Waals surface area contributed by atoms with Crippen molar-refractivity contribution in [2.45, 2.75) is 39.5 Å². The molecule has 1 aliphatic heterocycles. The standard InChI is InChI=1S/C17H23N/c1-4-5-6-7-10-15-12-18-14(3)16-11-8-9-13(2)17(15)16/h8-11,18H,3-7,12H2,1-2H3/b15-10-. The molecule has 0 fully saturated rings. The predicted octanol–water partition coefficient (Wildman–Crippen LogP) is 4.53. The summed E-state index contributed by atoms with van der Waals surface area (Å²) in [5, 5.41) is 3.39. The number of benzene rings is 1. The van der Waals surface area contributed by atoms with Crippen LogP contribution in [0.1, 0.15) is 49.3 Å². The predicted molar refractivity (Wildman–Crippen MR) is 80.3 cm³/mol. The number of aryl methyl sites for hydroxylation is 1. The first-order valence-electron chi connectivity index (χ1n) is 6.96. The van der Waals surface area contributed by atoms with Crippen LogP contribution in [0.25, 0.3) is 11.3 Å². The van der Waals surface area contributed by atoms with Crippen molar-refractivity contribution in [3.05, 3.63) is 47.5 Å². The fourth-order valence-electron chi connectivity index (χ4n) is 2.58. The smallest absolute Gasteiger partial charge is 0.0403 e. The molecule has 18 heavy (non-hydrogen) atoms. The average molecular weight is 241 g/mol. The van der Waals surface area contributed by atoms with Gasteiger partial charge in [0, 0.05) is 17.8 Å². The average Bonchev–Trinajstić information content (AvgIpc) is 2.38. The van der Waals surface area contributed by atoms with Crippen molar-refractivity contribution >= 4 is 11.3 Å². The Kier molecular flexibility index (Phi) is 4.24. The van der Waals surface area contributed by atoms with Crippen molar-refractivity contribution in [1.29, 1.82) is 0 Å². The van der Waals surface area contributed by atoms with Crippen LogP contribution in [-0.4, -0.2) is 6.54 Å². The van der Waals surface area contributed by atoms with Gasteiger partial charge in [-0.05, 0) is 36.5 Å². The molecule has 0 aliphatic carbocycles. The molecule has 1 N–H and O–H groups in total. The molecule has 96 valence electrons. The van der Waals surface area contributed by atoms with Crippen LogP contribution >= 0.6 is 0 Å². The molecule has 0 saturated carbocycles. The minimum atomic E-state index is 0.919. The van der Waals surface area contributed by atoms with Crippen molar-refractivity contribution in [2.24, 2.45) is 0 Å². The Hall–Kier alpha value is -1.50. The molecule has 1 aromatic carbocycles. The summed E-state index contributed by atoms with van der Waals surface area (Å²) in [5.41, 5.74) is 6.52. The fourth-order valence-corrected chi connectivity index (χ4v) is 2.58. The maximum absolute atomic E-state index is 4.10. The molecule has 1 aromatic rings. The Morgan fingerprint density at radius 1 is 1.33 bits per heavy atom. The van der Waals surface area contributed by atoms with E-state index in [-0.39, 0.29) is 0 Å². The van der Waals surface area contributed by atoms with Crippen molar-refractivity contribution in [3.8, 4) is 0 Å². The van der Waals surface area contributed by atoms with Gasteiger partial charge in [-0.1, -0.05) is 50.6 Å². The lowest BCUT2D eigenvalue weighted by Crippen LogP contribution is -2.22. The summed E-state index contributed by atoms with van der Waals surface area (Å²) in [4.78, 5) is 0. The van der Waals surface area contributed by atoms with Crippen LogP contribution in [0.2, 0.25) is 0 Å². The van der Waals surface area contributed by atoms with Crippen LogP contribution in [0.5, 0.6) is 0 Å². The van der Waals surface area contributed by atoms with Gasteiger partial charge in [0.15, 0.2) is 0 Å². The van der Waals surface area contributed by atoms with Crippen LogP contribution in [0, 0.1) is 6.92 Å². The van der Waals surface area contributed by atoms with Crippen LogP contribution in [-0.2, 0) is 0 Å². The number of nitrogens with one attached hydrogen (secondary N) is 1. The van der Waals surface area contributed by atoms with Gasteiger partial charge in [-0.2, -0.15) is 0 Å². The van der Waals surface area contributed by atoms with Gasteiger partial charge in [-0.15, -0.1) is 0 Å². The number of unbranched alkanes of at least 4 members (excludes halogenated alkanes) is 3. The maximum Gasteiger partial charge on any atom is 0.0403 e. The Morgan fingerprint density at radius 2 is 2.17 bits per heavy atom. The molecular formula is C17H23N. The summed E-state index contributed by atoms with van der Waals surface area (Å²) in [6.45, 7) is 9.46. The molecule has 0 unspecified atom stereocenters. The van der Waals surface area contributed by atoms with Crippen molar-refractivity contribution in [2.75, 3.05) is 6.54 Å². The second-order valence-electron chi connectivity index (χ2n) is 5.05. The number of rotatable bonds is 4. The molecule has 1 aliphatic rings. The lowest BCUT2D eigenvalue weighted by atomic mass is 9.89. The minimum absolute atomic E-state index is 0.919. The highest BCUT2D eigenvalue weighted by Gasteiger charge is 2.17. The largest absolute Gasteiger partial charge is 0.381 e. The lowest BCUT2D eigenvalue weighted by molar-refractivity contribution is 0.728. The minimum Gasteiger partial charge on any atom is -0.381 e. The second kappa shape index (κ2) is 5.90. The molecular weight excluding hydrogens is 218 g/mol. The van der Waals surface area contributed by atoms with E-state index >= 15 is 0 Å². The molecule has 2 rings (SSSR count). The van der Waals surface area contributed by atoms with Gasteiger partial charge in [0.05, 0.1) is 0 Å². The molecule has 0 atom stereocenters. The first kappa shape index (κ1) is 12.9. The number of hydrogen-bond acceptors (Lipinski definition) is 1. The van der Waals surface area contributed by atoms with Crippen molar-refractivity contribution < 1.29 is 0 Å². The zero-order chi connectivity index (χ0) is 13.0. The van der Waals surface area contributed by atoms with Gasteiger partial charge >= 0.3 is 0 Å². The maximum atomic E-state index is 4.10. The first-order valence-corrected chi connectivity index (χ1v) is 6.96. The normalized spacial score (nSPS) is 16.6. The van der Waals surface area contributed by atoms with Crippen LogP contribution in [0.3, 0.4) is 0 Å². The molecule has 0 radical (unpaired) electrons. The molecule has 1 heteroatoms. The number of hydrogen-bond donors (Lipinski definition) is 1.